The predicted molar refractivity (Wildman–Crippen MR) is 129 cm³/mol. The Bertz CT molecular complexity index is 1460. The zero-order valence-electron chi connectivity index (χ0n) is 16.2. The van der Waals surface area contributed by atoms with Gasteiger partial charge in [0.25, 0.3) is 5.91 Å². The molecule has 3 aromatic carbocycles. The van der Waals surface area contributed by atoms with Crippen LogP contribution in [0.5, 0.6) is 0 Å². The Labute approximate surface area is 201 Å². The number of halogens is 3. The van der Waals surface area contributed by atoms with Crippen LogP contribution in [0.1, 0.15) is 10.6 Å². The molecule has 0 aliphatic heterocycles. The lowest BCUT2D eigenvalue weighted by Crippen LogP contribution is -2.10. The van der Waals surface area contributed by atoms with Gasteiger partial charge in [-0.1, -0.05) is 45.2 Å². The molecule has 32 heavy (non-hydrogen) atoms. The number of rotatable bonds is 4. The molecule has 0 bridgehead atoms. The highest BCUT2D eigenvalue weighted by atomic mass is 79.9. The molecule has 5 aromatic rings. The van der Waals surface area contributed by atoms with E-state index < -0.39 is 5.91 Å². The van der Waals surface area contributed by atoms with Crippen LogP contribution in [0.15, 0.2) is 86.1 Å². The van der Waals surface area contributed by atoms with Gasteiger partial charge in [0, 0.05) is 21.3 Å². The smallest absolute Gasteiger partial charge is 0.291 e. The van der Waals surface area contributed by atoms with E-state index in [0.717, 1.165) is 10.0 Å². The third kappa shape index (κ3) is 4.05. The van der Waals surface area contributed by atoms with Gasteiger partial charge < -0.3 is 14.2 Å². The van der Waals surface area contributed by atoms with E-state index in [-0.39, 0.29) is 5.76 Å². The number of anilines is 1. The van der Waals surface area contributed by atoms with Gasteiger partial charge in [-0.15, -0.1) is 0 Å². The molecule has 0 atom stereocenters. The minimum Gasteiger partial charge on any atom is -0.451 e. The summed E-state index contributed by atoms with van der Waals surface area (Å²) in [4.78, 5) is 17.2. The molecule has 8 heteroatoms. The van der Waals surface area contributed by atoms with E-state index >= 15 is 0 Å². The Morgan fingerprint density at radius 2 is 1.75 bits per heavy atom. The van der Waals surface area contributed by atoms with Crippen LogP contribution in [0.4, 0.5) is 5.69 Å². The number of furan rings is 1. The van der Waals surface area contributed by atoms with Gasteiger partial charge in [0.2, 0.25) is 5.89 Å². The second kappa shape index (κ2) is 8.47. The maximum Gasteiger partial charge on any atom is 0.291 e. The van der Waals surface area contributed by atoms with E-state index in [1.807, 2.05) is 24.3 Å². The van der Waals surface area contributed by atoms with Crippen molar-refractivity contribution in [3.63, 3.8) is 0 Å². The second-order valence-electron chi connectivity index (χ2n) is 6.93. The molecule has 0 fully saturated rings. The molecule has 0 radical (unpaired) electrons. The van der Waals surface area contributed by atoms with Crippen molar-refractivity contribution in [3.8, 4) is 22.8 Å². The third-order valence-electron chi connectivity index (χ3n) is 4.78. The number of carbonyl (C=O) groups is 1. The van der Waals surface area contributed by atoms with E-state index in [2.05, 4.69) is 26.2 Å². The van der Waals surface area contributed by atoms with Crippen LogP contribution in [0.2, 0.25) is 10.0 Å². The van der Waals surface area contributed by atoms with E-state index in [1.165, 1.54) is 0 Å². The average Bonchev–Trinajstić information content (AvgIpc) is 3.43. The van der Waals surface area contributed by atoms with Gasteiger partial charge in [-0.05, 0) is 66.7 Å². The summed E-state index contributed by atoms with van der Waals surface area (Å²) in [7, 11) is 0. The summed E-state index contributed by atoms with van der Waals surface area (Å²) >= 11 is 15.7. The third-order valence-corrected chi connectivity index (χ3v) is 6.13. The lowest BCUT2D eigenvalue weighted by molar-refractivity contribution is 0.0997. The molecule has 0 saturated heterocycles. The number of amides is 1. The SMILES string of the molecule is O=C(Nc1ccc2oc(-c3ccc(Br)cc3)nc2c1)c1ccc(-c2cccc(Cl)c2Cl)o1. The van der Waals surface area contributed by atoms with Gasteiger partial charge in [-0.2, -0.15) is 0 Å². The highest BCUT2D eigenvalue weighted by Crippen LogP contribution is 2.34. The number of hydrogen-bond donors (Lipinski definition) is 1. The largest absolute Gasteiger partial charge is 0.451 e. The molecule has 0 aliphatic carbocycles. The minimum absolute atomic E-state index is 0.145. The lowest BCUT2D eigenvalue weighted by Gasteiger charge is -2.04. The van der Waals surface area contributed by atoms with Crippen LogP contribution in [0.3, 0.4) is 0 Å². The van der Waals surface area contributed by atoms with Gasteiger partial charge in [0.05, 0.1) is 10.0 Å². The first-order valence-electron chi connectivity index (χ1n) is 9.50. The summed E-state index contributed by atoms with van der Waals surface area (Å²) < 4.78 is 12.5. The van der Waals surface area contributed by atoms with E-state index in [9.17, 15) is 4.79 Å². The number of aromatic nitrogens is 1. The summed E-state index contributed by atoms with van der Waals surface area (Å²) in [5.41, 5.74) is 3.29. The van der Waals surface area contributed by atoms with Crippen molar-refractivity contribution >= 4 is 61.8 Å². The Balaban J connectivity index is 1.37. The fourth-order valence-corrected chi connectivity index (χ4v) is 3.87. The summed E-state index contributed by atoms with van der Waals surface area (Å²) in [6.45, 7) is 0. The normalized spacial score (nSPS) is 11.1. The number of hydrogen-bond acceptors (Lipinski definition) is 4. The van der Waals surface area contributed by atoms with Gasteiger partial charge in [-0.25, -0.2) is 4.98 Å². The van der Waals surface area contributed by atoms with Crippen LogP contribution in [-0.4, -0.2) is 10.9 Å². The van der Waals surface area contributed by atoms with Crippen molar-refractivity contribution in [1.82, 2.24) is 4.98 Å². The second-order valence-corrected chi connectivity index (χ2v) is 8.63. The number of fused-ring (bicyclic) bond motifs is 1. The summed E-state index contributed by atoms with van der Waals surface area (Å²) in [6, 6.07) is 21.4. The Hall–Kier alpha value is -3.06. The maximum absolute atomic E-state index is 12.7. The van der Waals surface area contributed by atoms with Crippen molar-refractivity contribution < 1.29 is 13.6 Å². The van der Waals surface area contributed by atoms with Crippen molar-refractivity contribution in [2.24, 2.45) is 0 Å². The first-order valence-corrected chi connectivity index (χ1v) is 11.0. The van der Waals surface area contributed by atoms with Gasteiger partial charge in [0.15, 0.2) is 11.3 Å². The molecule has 0 aliphatic rings. The first kappa shape index (κ1) is 20.8. The van der Waals surface area contributed by atoms with E-state index in [0.29, 0.717) is 44.0 Å². The van der Waals surface area contributed by atoms with Crippen LogP contribution in [-0.2, 0) is 0 Å². The predicted octanol–water partition coefficient (Wildman–Crippen LogP) is 8.08. The topological polar surface area (TPSA) is 68.3 Å². The highest BCUT2D eigenvalue weighted by Gasteiger charge is 2.16. The van der Waals surface area contributed by atoms with E-state index in [4.69, 9.17) is 32.0 Å². The quantitative estimate of drug-likeness (QED) is 0.256. The minimum atomic E-state index is -0.398. The van der Waals surface area contributed by atoms with Crippen LogP contribution in [0.25, 0.3) is 33.9 Å². The molecule has 2 aromatic heterocycles. The molecular weight excluding hydrogens is 515 g/mol. The first-order chi connectivity index (χ1) is 15.5. The molecule has 5 rings (SSSR count). The molecule has 158 valence electrons. The van der Waals surface area contributed by atoms with Crippen molar-refractivity contribution in [2.45, 2.75) is 0 Å². The number of carbonyl (C=O) groups excluding carboxylic acids is 1. The summed E-state index contributed by atoms with van der Waals surface area (Å²) in [5.74, 6) is 0.705. The number of oxazole rings is 1. The van der Waals surface area contributed by atoms with Crippen molar-refractivity contribution in [1.29, 1.82) is 0 Å². The van der Waals surface area contributed by atoms with Crippen molar-refractivity contribution in [2.75, 3.05) is 5.32 Å². The standard InChI is InChI=1S/C24H13BrCl2N2O3/c25-14-6-4-13(5-7-14)24-29-18-12-15(8-9-20(18)32-24)28-23(30)21-11-10-19(31-21)16-2-1-3-17(26)22(16)27/h1-12H,(H,28,30). The Morgan fingerprint density at radius 1 is 0.938 bits per heavy atom. The average molecular weight is 528 g/mol. The zero-order valence-corrected chi connectivity index (χ0v) is 19.3. The molecule has 0 unspecified atom stereocenters. The van der Waals surface area contributed by atoms with Gasteiger partial charge in [-0.3, -0.25) is 4.79 Å². The molecule has 0 saturated carbocycles. The molecule has 0 spiro atoms. The fraction of sp³-hybridized carbons (Fsp3) is 0. The number of nitrogens with zero attached hydrogens (tertiary/aromatic N) is 1. The Morgan fingerprint density at radius 3 is 2.56 bits per heavy atom. The van der Waals surface area contributed by atoms with Gasteiger partial charge in [0.1, 0.15) is 11.3 Å². The maximum atomic E-state index is 12.7. The van der Waals surface area contributed by atoms with Crippen LogP contribution in [0, 0.1) is 0 Å². The zero-order chi connectivity index (χ0) is 22.2. The lowest BCUT2D eigenvalue weighted by atomic mass is 10.2. The molecule has 5 nitrogen and oxygen atoms in total. The fourth-order valence-electron chi connectivity index (χ4n) is 3.21. The molecule has 1 amide bonds. The van der Waals surface area contributed by atoms with Crippen LogP contribution < -0.4 is 5.32 Å². The molecular formula is C24H13BrCl2N2O3. The number of benzene rings is 3. The van der Waals surface area contributed by atoms with Crippen molar-refractivity contribution in [3.05, 3.63) is 93.1 Å². The summed E-state index contributed by atoms with van der Waals surface area (Å²) in [5, 5.41) is 3.60. The molecule has 2 heterocycles. The monoisotopic (exact) mass is 526 g/mol. The highest BCUT2D eigenvalue weighted by molar-refractivity contribution is 9.10. The summed E-state index contributed by atoms with van der Waals surface area (Å²) in [6.07, 6.45) is 0. The number of nitrogens with one attached hydrogen (secondary N) is 1. The van der Waals surface area contributed by atoms with Gasteiger partial charge >= 0.3 is 0 Å². The van der Waals surface area contributed by atoms with E-state index in [1.54, 1.807) is 48.5 Å². The molecule has 1 N–H and O–H groups in total. The van der Waals surface area contributed by atoms with Crippen LogP contribution >= 0.6 is 39.1 Å². The Kier molecular flexibility index (Phi) is 5.51.